The number of carboxylic acids is 1. The number of aliphatic carboxylic acids is 1. The zero-order valence-corrected chi connectivity index (χ0v) is 24.3. The van der Waals surface area contributed by atoms with Gasteiger partial charge in [-0.3, -0.25) is 0 Å². The van der Waals surface area contributed by atoms with Gasteiger partial charge in [0.25, 0.3) is 0 Å². The zero-order chi connectivity index (χ0) is 27.3. The molecule has 0 aliphatic rings. The van der Waals surface area contributed by atoms with Crippen LogP contribution in [0.4, 0.5) is 0 Å². The van der Waals surface area contributed by atoms with Crippen LogP contribution < -0.4 is 0 Å². The van der Waals surface area contributed by atoms with E-state index in [4.69, 9.17) is 5.11 Å². The minimum absolute atomic E-state index is 0.258. The van der Waals surface area contributed by atoms with Crippen LogP contribution in [0.25, 0.3) is 0 Å². The lowest BCUT2D eigenvalue weighted by molar-refractivity contribution is -0.136. The maximum Gasteiger partial charge on any atom is 0.333 e. The highest BCUT2D eigenvalue weighted by atomic mass is 16.5. The smallest absolute Gasteiger partial charge is 0.333 e. The van der Waals surface area contributed by atoms with E-state index >= 15 is 0 Å². The molecular formula is C32H60O4. The van der Waals surface area contributed by atoms with Crippen molar-refractivity contribution in [1.29, 1.82) is 0 Å². The van der Waals surface area contributed by atoms with Crippen LogP contribution >= 0.6 is 0 Å². The summed E-state index contributed by atoms with van der Waals surface area (Å²) in [5.41, 5.74) is 0.961. The minimum atomic E-state index is -0.845. The fourth-order valence-electron chi connectivity index (χ4n) is 4.18. The van der Waals surface area contributed by atoms with Crippen LogP contribution in [0.1, 0.15) is 162 Å². The van der Waals surface area contributed by atoms with Gasteiger partial charge >= 0.3 is 11.9 Å². The van der Waals surface area contributed by atoms with Crippen LogP contribution in [0.2, 0.25) is 0 Å². The Labute approximate surface area is 224 Å². The van der Waals surface area contributed by atoms with Crippen molar-refractivity contribution in [3.05, 3.63) is 24.3 Å². The van der Waals surface area contributed by atoms with E-state index in [1.807, 2.05) is 0 Å². The highest BCUT2D eigenvalue weighted by Gasteiger charge is 2.05. The Morgan fingerprint density at radius 2 is 0.806 bits per heavy atom. The molecule has 0 saturated carbocycles. The van der Waals surface area contributed by atoms with Crippen molar-refractivity contribution in [1.82, 2.24) is 0 Å². The number of rotatable bonds is 25. The van der Waals surface area contributed by atoms with Crippen molar-refractivity contribution < 1.29 is 19.4 Å². The molecule has 0 amide bonds. The topological polar surface area (TPSA) is 63.6 Å². The minimum Gasteiger partial charge on any atom is -0.478 e. The Bertz CT molecular complexity index is 536. The number of esters is 1. The third-order valence-electron chi connectivity index (χ3n) is 6.69. The lowest BCUT2D eigenvalue weighted by Gasteiger charge is -2.04. The Morgan fingerprint density at radius 1 is 0.528 bits per heavy atom. The van der Waals surface area contributed by atoms with E-state index in [0.29, 0.717) is 17.6 Å². The van der Waals surface area contributed by atoms with Gasteiger partial charge in [-0.05, 0) is 25.7 Å². The summed E-state index contributed by atoms with van der Waals surface area (Å²) in [5, 5.41) is 8.64. The molecule has 0 rings (SSSR count). The molecule has 1 N–H and O–H groups in total. The van der Waals surface area contributed by atoms with E-state index in [1.165, 1.54) is 123 Å². The summed E-state index contributed by atoms with van der Waals surface area (Å²) in [6, 6.07) is 0. The largest absolute Gasteiger partial charge is 0.478 e. The first kappa shape index (κ1) is 36.6. The van der Waals surface area contributed by atoms with Gasteiger partial charge in [0.1, 0.15) is 0 Å². The van der Waals surface area contributed by atoms with Crippen LogP contribution in [0, 0.1) is 0 Å². The normalized spacial score (nSPS) is 10.4. The van der Waals surface area contributed by atoms with Gasteiger partial charge in [-0.25, -0.2) is 9.59 Å². The van der Waals surface area contributed by atoms with Gasteiger partial charge in [0, 0.05) is 11.1 Å². The standard InChI is InChI=1S/2C16H30O2/c1-4-5-6-7-8-9-10-11-12-13-14-15(2)16(17)18-3;1-3-4-5-6-7-8-9-10-11-12-13-14-15(2)16(17)18/h2,4-14H2,1,3H3;2-14H2,1H3,(H,17,18). The monoisotopic (exact) mass is 508 g/mol. The molecule has 0 aromatic carbocycles. The van der Waals surface area contributed by atoms with Crippen molar-refractivity contribution in [3.8, 4) is 0 Å². The van der Waals surface area contributed by atoms with E-state index in [2.05, 4.69) is 31.7 Å². The number of methoxy groups -OCH3 is 1. The summed E-state index contributed by atoms with van der Waals surface area (Å²) in [6.45, 7) is 11.8. The molecule has 0 bridgehead atoms. The van der Waals surface area contributed by atoms with Crippen LogP contribution in [0.15, 0.2) is 24.3 Å². The van der Waals surface area contributed by atoms with Crippen LogP contribution in [-0.4, -0.2) is 24.2 Å². The molecule has 0 aromatic heterocycles. The van der Waals surface area contributed by atoms with Gasteiger partial charge in [0.2, 0.25) is 0 Å². The third kappa shape index (κ3) is 28.7. The average molecular weight is 509 g/mol. The fourth-order valence-corrected chi connectivity index (χ4v) is 4.18. The molecule has 36 heavy (non-hydrogen) atoms. The molecule has 4 nitrogen and oxygen atoms in total. The van der Waals surface area contributed by atoms with Gasteiger partial charge in [0.15, 0.2) is 0 Å². The van der Waals surface area contributed by atoms with E-state index in [0.717, 1.165) is 25.7 Å². The SMILES string of the molecule is C=C(CCCCCCCCCCCC)C(=O)OC.C=C(CCCCCCCCCCCCC)C(=O)O. The van der Waals surface area contributed by atoms with E-state index in [-0.39, 0.29) is 5.97 Å². The number of carbonyl (C=O) groups excluding carboxylic acids is 1. The number of hydrogen-bond donors (Lipinski definition) is 1. The highest BCUT2D eigenvalue weighted by Crippen LogP contribution is 2.14. The molecule has 0 saturated heterocycles. The van der Waals surface area contributed by atoms with Gasteiger partial charge in [0.05, 0.1) is 7.11 Å². The molecule has 0 unspecified atom stereocenters. The molecule has 0 aliphatic carbocycles. The highest BCUT2D eigenvalue weighted by molar-refractivity contribution is 5.87. The lowest BCUT2D eigenvalue weighted by Crippen LogP contribution is -2.03. The number of hydrogen-bond acceptors (Lipinski definition) is 3. The summed E-state index contributed by atoms with van der Waals surface area (Å²) in [7, 11) is 1.41. The number of unbranched alkanes of at least 4 members (excludes halogenated alkanes) is 19. The van der Waals surface area contributed by atoms with E-state index < -0.39 is 5.97 Å². The second kappa shape index (κ2) is 29.6. The Kier molecular flexibility index (Phi) is 30.1. The summed E-state index contributed by atoms with van der Waals surface area (Å²) in [4.78, 5) is 21.6. The van der Waals surface area contributed by atoms with Crippen LogP contribution in [0.3, 0.4) is 0 Å². The molecule has 0 heterocycles. The Hall–Kier alpha value is -1.58. The summed E-state index contributed by atoms with van der Waals surface area (Å²) >= 11 is 0. The molecule has 0 atom stereocenters. The summed E-state index contributed by atoms with van der Waals surface area (Å²) in [6.07, 6.45) is 28.8. The first-order chi connectivity index (χ1) is 17.4. The predicted octanol–water partition coefficient (Wildman–Crippen LogP) is 10.4. The third-order valence-corrected chi connectivity index (χ3v) is 6.69. The summed E-state index contributed by atoms with van der Waals surface area (Å²) < 4.78 is 4.62. The number of carbonyl (C=O) groups is 2. The van der Waals surface area contributed by atoms with Crippen molar-refractivity contribution in [2.24, 2.45) is 0 Å². The molecular weight excluding hydrogens is 448 g/mol. The van der Waals surface area contributed by atoms with Crippen LogP contribution in [0.5, 0.6) is 0 Å². The van der Waals surface area contributed by atoms with Gasteiger partial charge in [-0.1, -0.05) is 149 Å². The molecule has 0 fully saturated rings. The fraction of sp³-hybridized carbons (Fsp3) is 0.812. The molecule has 0 aliphatic heterocycles. The first-order valence-corrected chi connectivity index (χ1v) is 15.1. The maximum atomic E-state index is 11.1. The quantitative estimate of drug-likeness (QED) is 0.0756. The maximum absolute atomic E-state index is 11.1. The second-order valence-electron chi connectivity index (χ2n) is 10.2. The Morgan fingerprint density at radius 3 is 1.08 bits per heavy atom. The first-order valence-electron chi connectivity index (χ1n) is 15.1. The molecule has 4 heteroatoms. The van der Waals surface area contributed by atoms with Crippen LogP contribution in [-0.2, 0) is 14.3 Å². The van der Waals surface area contributed by atoms with E-state index in [1.54, 1.807) is 0 Å². The van der Waals surface area contributed by atoms with Gasteiger partial charge in [-0.2, -0.15) is 0 Å². The number of carboxylic acid groups (broad SMARTS) is 1. The predicted molar refractivity (Wildman–Crippen MR) is 155 cm³/mol. The van der Waals surface area contributed by atoms with Crippen molar-refractivity contribution >= 4 is 11.9 Å². The average Bonchev–Trinajstić information content (AvgIpc) is 2.87. The zero-order valence-electron chi connectivity index (χ0n) is 24.3. The van der Waals surface area contributed by atoms with Gasteiger partial charge in [-0.15, -0.1) is 0 Å². The molecule has 212 valence electrons. The van der Waals surface area contributed by atoms with E-state index in [9.17, 15) is 9.59 Å². The Balaban J connectivity index is 0. The van der Waals surface area contributed by atoms with Crippen molar-refractivity contribution in [2.75, 3.05) is 7.11 Å². The molecule has 0 aromatic rings. The molecule has 0 radical (unpaired) electrons. The lowest BCUT2D eigenvalue weighted by atomic mass is 10.0. The second-order valence-corrected chi connectivity index (χ2v) is 10.2. The van der Waals surface area contributed by atoms with Crippen molar-refractivity contribution in [3.63, 3.8) is 0 Å². The number of ether oxygens (including phenoxy) is 1. The van der Waals surface area contributed by atoms with Gasteiger partial charge < -0.3 is 9.84 Å². The van der Waals surface area contributed by atoms with Crippen molar-refractivity contribution in [2.45, 2.75) is 162 Å². The summed E-state index contributed by atoms with van der Waals surface area (Å²) in [5.74, 6) is -1.10. The molecule has 0 spiro atoms.